The van der Waals surface area contributed by atoms with Crippen LogP contribution in [0.4, 0.5) is 11.4 Å². The number of hydrogen-bond donors (Lipinski definition) is 3. The van der Waals surface area contributed by atoms with Crippen LogP contribution in [-0.2, 0) is 9.59 Å². The van der Waals surface area contributed by atoms with Gasteiger partial charge in [0.1, 0.15) is 0 Å². The van der Waals surface area contributed by atoms with E-state index in [2.05, 4.69) is 5.32 Å². The van der Waals surface area contributed by atoms with E-state index >= 15 is 0 Å². The minimum Gasteiger partial charge on any atom is -0.398 e. The smallest absolute Gasteiger partial charge is 0.316 e. The van der Waals surface area contributed by atoms with Gasteiger partial charge in [-0.1, -0.05) is 44.2 Å². The fourth-order valence-electron chi connectivity index (χ4n) is 2.37. The molecule has 2 aromatic rings. The van der Waals surface area contributed by atoms with Crippen molar-refractivity contribution in [1.29, 1.82) is 0 Å². The monoisotopic (exact) mass is 339 g/mol. The first kappa shape index (κ1) is 18.2. The molecule has 0 bridgehead atoms. The van der Waals surface area contributed by atoms with Gasteiger partial charge < -0.3 is 11.1 Å². The number of nitrogen functional groups attached to an aromatic ring is 1. The van der Waals surface area contributed by atoms with Crippen LogP contribution in [-0.4, -0.2) is 17.7 Å². The molecule has 0 saturated heterocycles. The average Bonchev–Trinajstić information content (AvgIpc) is 2.61. The van der Waals surface area contributed by atoms with Crippen molar-refractivity contribution >= 4 is 29.1 Å². The van der Waals surface area contributed by atoms with E-state index in [1.54, 1.807) is 30.3 Å². The maximum Gasteiger partial charge on any atom is 0.316 e. The minimum absolute atomic E-state index is 0.142. The van der Waals surface area contributed by atoms with E-state index < -0.39 is 17.7 Å². The van der Waals surface area contributed by atoms with Gasteiger partial charge in [-0.05, 0) is 36.1 Å². The number of anilines is 2. The number of carbonyl (C=O) groups excluding carboxylic acids is 3. The van der Waals surface area contributed by atoms with Crippen molar-refractivity contribution in [1.82, 2.24) is 5.32 Å². The van der Waals surface area contributed by atoms with Crippen molar-refractivity contribution in [2.45, 2.75) is 26.2 Å². The number of carbonyl (C=O) groups is 3. The summed E-state index contributed by atoms with van der Waals surface area (Å²) in [6, 6.07) is 13.6. The minimum atomic E-state index is -1.03. The number of imide groups is 1. The quantitative estimate of drug-likeness (QED) is 0.589. The Kier molecular flexibility index (Phi) is 5.89. The molecular weight excluding hydrogens is 318 g/mol. The van der Waals surface area contributed by atoms with E-state index in [1.807, 2.05) is 31.3 Å². The topological polar surface area (TPSA) is 101 Å². The molecule has 3 amide bonds. The van der Waals surface area contributed by atoms with Crippen LogP contribution in [0, 0.1) is 0 Å². The fourth-order valence-corrected chi connectivity index (χ4v) is 2.37. The first-order chi connectivity index (χ1) is 11.9. The fraction of sp³-hybridized carbons (Fsp3) is 0.211. The average molecular weight is 339 g/mol. The summed E-state index contributed by atoms with van der Waals surface area (Å²) in [6.07, 6.45) is 0.894. The van der Waals surface area contributed by atoms with E-state index in [0.717, 1.165) is 12.0 Å². The number of nitrogens with one attached hydrogen (secondary N) is 2. The Bertz CT molecular complexity index is 802. The summed E-state index contributed by atoms with van der Waals surface area (Å²) in [5.74, 6) is -2.43. The first-order valence-electron chi connectivity index (χ1n) is 8.04. The van der Waals surface area contributed by atoms with Crippen LogP contribution < -0.4 is 16.4 Å². The van der Waals surface area contributed by atoms with Gasteiger partial charge in [0.05, 0.1) is 5.56 Å². The van der Waals surface area contributed by atoms with Crippen LogP contribution in [0.5, 0.6) is 0 Å². The molecule has 1 unspecified atom stereocenters. The Hall–Kier alpha value is -3.15. The highest BCUT2D eigenvalue weighted by molar-refractivity contribution is 6.42. The molecule has 2 aromatic carbocycles. The zero-order valence-electron chi connectivity index (χ0n) is 14.2. The third-order valence-corrected chi connectivity index (χ3v) is 3.99. The lowest BCUT2D eigenvalue weighted by molar-refractivity contribution is -0.135. The largest absolute Gasteiger partial charge is 0.398 e. The number of amides is 3. The highest BCUT2D eigenvalue weighted by Gasteiger charge is 2.20. The van der Waals surface area contributed by atoms with Crippen molar-refractivity contribution in [3.8, 4) is 0 Å². The second-order valence-electron chi connectivity index (χ2n) is 5.72. The van der Waals surface area contributed by atoms with Crippen molar-refractivity contribution in [2.75, 3.05) is 11.1 Å². The van der Waals surface area contributed by atoms with Gasteiger partial charge in [-0.25, -0.2) is 0 Å². The second-order valence-corrected chi connectivity index (χ2v) is 5.72. The van der Waals surface area contributed by atoms with Crippen LogP contribution in [0.3, 0.4) is 0 Å². The summed E-state index contributed by atoms with van der Waals surface area (Å²) >= 11 is 0. The summed E-state index contributed by atoms with van der Waals surface area (Å²) in [5, 5.41) is 4.61. The molecule has 25 heavy (non-hydrogen) atoms. The molecule has 0 aliphatic rings. The molecule has 130 valence electrons. The van der Waals surface area contributed by atoms with Crippen molar-refractivity contribution < 1.29 is 14.4 Å². The van der Waals surface area contributed by atoms with Gasteiger partial charge >= 0.3 is 11.8 Å². The van der Waals surface area contributed by atoms with E-state index in [-0.39, 0.29) is 17.2 Å². The Balaban J connectivity index is 2.08. The SMILES string of the molecule is CCC(C)c1ccccc1NC(=O)C(=O)NC(=O)c1ccccc1N. The van der Waals surface area contributed by atoms with Crippen LogP contribution in [0.25, 0.3) is 0 Å². The number of nitrogens with two attached hydrogens (primary N) is 1. The summed E-state index contributed by atoms with van der Waals surface area (Å²) in [7, 11) is 0. The summed E-state index contributed by atoms with van der Waals surface area (Å²) < 4.78 is 0. The standard InChI is InChI=1S/C19H21N3O3/c1-3-12(2)13-8-5-7-11-16(13)21-18(24)19(25)22-17(23)14-9-4-6-10-15(14)20/h4-12H,3,20H2,1-2H3,(H,21,24)(H,22,23,25). The van der Waals surface area contributed by atoms with Gasteiger partial charge in [0.15, 0.2) is 0 Å². The number of para-hydroxylation sites is 2. The maximum absolute atomic E-state index is 12.1. The molecule has 0 heterocycles. The van der Waals surface area contributed by atoms with E-state index in [9.17, 15) is 14.4 Å². The third-order valence-electron chi connectivity index (χ3n) is 3.99. The number of hydrogen-bond acceptors (Lipinski definition) is 4. The van der Waals surface area contributed by atoms with E-state index in [4.69, 9.17) is 5.73 Å². The predicted molar refractivity (Wildman–Crippen MR) is 97.1 cm³/mol. The van der Waals surface area contributed by atoms with E-state index in [0.29, 0.717) is 5.69 Å². The lowest BCUT2D eigenvalue weighted by atomic mass is 9.97. The third kappa shape index (κ3) is 4.44. The Morgan fingerprint density at radius 2 is 1.64 bits per heavy atom. The summed E-state index contributed by atoms with van der Waals surface area (Å²) in [5.41, 5.74) is 7.56. The van der Waals surface area contributed by atoms with Gasteiger partial charge in [0, 0.05) is 11.4 Å². The van der Waals surface area contributed by atoms with Crippen LogP contribution in [0.15, 0.2) is 48.5 Å². The highest BCUT2D eigenvalue weighted by atomic mass is 16.2. The first-order valence-corrected chi connectivity index (χ1v) is 8.04. The maximum atomic E-state index is 12.1. The molecule has 0 spiro atoms. The number of rotatable bonds is 4. The molecular formula is C19H21N3O3. The van der Waals surface area contributed by atoms with Crippen molar-refractivity contribution in [3.05, 3.63) is 59.7 Å². The molecule has 0 aromatic heterocycles. The second kappa shape index (κ2) is 8.10. The number of benzene rings is 2. The lowest BCUT2D eigenvalue weighted by Gasteiger charge is -2.15. The van der Waals surface area contributed by atoms with Gasteiger partial charge in [-0.3, -0.25) is 19.7 Å². The normalized spacial score (nSPS) is 11.4. The summed E-state index contributed by atoms with van der Waals surface area (Å²) in [4.78, 5) is 36.2. The molecule has 0 aliphatic carbocycles. The zero-order valence-corrected chi connectivity index (χ0v) is 14.2. The van der Waals surface area contributed by atoms with Gasteiger partial charge in [0.25, 0.3) is 5.91 Å². The molecule has 0 saturated carbocycles. The van der Waals surface area contributed by atoms with Gasteiger partial charge in [-0.2, -0.15) is 0 Å². The molecule has 0 radical (unpaired) electrons. The molecule has 6 heteroatoms. The van der Waals surface area contributed by atoms with Crippen LogP contribution in [0.2, 0.25) is 0 Å². The molecule has 0 fully saturated rings. The highest BCUT2D eigenvalue weighted by Crippen LogP contribution is 2.26. The Labute approximate surface area is 146 Å². The van der Waals surface area contributed by atoms with Crippen molar-refractivity contribution in [2.24, 2.45) is 0 Å². The van der Waals surface area contributed by atoms with Crippen molar-refractivity contribution in [3.63, 3.8) is 0 Å². The predicted octanol–water partition coefficient (Wildman–Crippen LogP) is 2.68. The van der Waals surface area contributed by atoms with Crippen LogP contribution >= 0.6 is 0 Å². The molecule has 1 atom stereocenters. The zero-order chi connectivity index (χ0) is 18.4. The molecule has 6 nitrogen and oxygen atoms in total. The molecule has 0 aliphatic heterocycles. The molecule has 4 N–H and O–H groups in total. The molecule has 2 rings (SSSR count). The van der Waals surface area contributed by atoms with Crippen LogP contribution in [0.1, 0.15) is 42.1 Å². The lowest BCUT2D eigenvalue weighted by Crippen LogP contribution is -2.39. The Morgan fingerprint density at radius 3 is 2.32 bits per heavy atom. The summed E-state index contributed by atoms with van der Waals surface area (Å²) in [6.45, 7) is 4.08. The Morgan fingerprint density at radius 1 is 1.00 bits per heavy atom. The van der Waals surface area contributed by atoms with E-state index in [1.165, 1.54) is 6.07 Å². The van der Waals surface area contributed by atoms with Gasteiger partial charge in [-0.15, -0.1) is 0 Å². The van der Waals surface area contributed by atoms with Gasteiger partial charge in [0.2, 0.25) is 0 Å².